The number of allylic oxidation sites excluding steroid dienone is 1. The van der Waals surface area contributed by atoms with Crippen LogP contribution in [0.3, 0.4) is 0 Å². The number of carbonyl (C=O) groups excluding carboxylic acids is 4. The van der Waals surface area contributed by atoms with Gasteiger partial charge < -0.3 is 15.0 Å². The zero-order valence-corrected chi connectivity index (χ0v) is 29.8. The van der Waals surface area contributed by atoms with Crippen LogP contribution in [0.15, 0.2) is 36.5 Å². The number of benzene rings is 1. The molecule has 51 heavy (non-hydrogen) atoms. The van der Waals surface area contributed by atoms with Crippen molar-refractivity contribution in [3.05, 3.63) is 47.0 Å². The van der Waals surface area contributed by atoms with Crippen molar-refractivity contribution in [3.63, 3.8) is 0 Å². The number of amides is 4. The molecule has 17 heteroatoms. The molecule has 6 rings (SSSR count). The van der Waals surface area contributed by atoms with Crippen LogP contribution >= 0.6 is 11.3 Å². The molecule has 276 valence electrons. The number of aromatic nitrogens is 1. The lowest BCUT2D eigenvalue weighted by Gasteiger charge is -2.26. The van der Waals surface area contributed by atoms with E-state index >= 15 is 0 Å². The predicted octanol–water partition coefficient (Wildman–Crippen LogP) is 5.02. The van der Waals surface area contributed by atoms with Gasteiger partial charge in [-0.25, -0.2) is 18.2 Å². The van der Waals surface area contributed by atoms with E-state index in [9.17, 15) is 40.8 Å². The molecule has 2 heterocycles. The van der Waals surface area contributed by atoms with Gasteiger partial charge in [0.25, 0.3) is 5.91 Å². The Morgan fingerprint density at radius 1 is 1.16 bits per heavy atom. The molecule has 5 atom stereocenters. The van der Waals surface area contributed by atoms with Crippen LogP contribution in [0.25, 0.3) is 10.6 Å². The Kier molecular flexibility index (Phi) is 10.2. The third-order valence-corrected chi connectivity index (χ3v) is 13.0. The summed E-state index contributed by atoms with van der Waals surface area (Å²) in [5, 5.41) is 4.95. The van der Waals surface area contributed by atoms with E-state index in [1.165, 1.54) is 22.3 Å². The Morgan fingerprint density at radius 3 is 2.59 bits per heavy atom. The Morgan fingerprint density at radius 2 is 1.90 bits per heavy atom. The van der Waals surface area contributed by atoms with Gasteiger partial charge in [-0.1, -0.05) is 19.1 Å². The Bertz CT molecular complexity index is 1840. The fourth-order valence-corrected chi connectivity index (χ4v) is 9.04. The Labute approximate surface area is 297 Å². The molecule has 3 aliphatic carbocycles. The van der Waals surface area contributed by atoms with Gasteiger partial charge in [-0.3, -0.25) is 24.4 Å². The average molecular weight is 752 g/mol. The molecule has 3 fully saturated rings. The number of nitrogens with one attached hydrogen (secondary N) is 3. The fourth-order valence-electron chi connectivity index (χ4n) is 6.79. The second kappa shape index (κ2) is 14.2. The van der Waals surface area contributed by atoms with Gasteiger partial charge in [0.2, 0.25) is 21.8 Å². The summed E-state index contributed by atoms with van der Waals surface area (Å²) in [6, 6.07) is 2.94. The molecular weight excluding hydrogens is 712 g/mol. The highest BCUT2D eigenvalue weighted by atomic mass is 32.2. The molecule has 0 saturated heterocycles. The van der Waals surface area contributed by atoms with Crippen molar-refractivity contribution < 1.29 is 45.5 Å². The molecule has 1 aliphatic heterocycles. The van der Waals surface area contributed by atoms with E-state index in [0.717, 1.165) is 23.4 Å². The maximum Gasteiger partial charge on any atom is 0.416 e. The van der Waals surface area contributed by atoms with Gasteiger partial charge in [-0.2, -0.15) is 13.2 Å². The maximum absolute atomic E-state index is 14.0. The van der Waals surface area contributed by atoms with Crippen LogP contribution < -0.4 is 15.4 Å². The van der Waals surface area contributed by atoms with Crippen LogP contribution in [0.4, 0.5) is 23.7 Å². The van der Waals surface area contributed by atoms with Crippen molar-refractivity contribution in [2.75, 3.05) is 18.9 Å². The van der Waals surface area contributed by atoms with Crippen LogP contribution in [0.2, 0.25) is 0 Å². The van der Waals surface area contributed by atoms with E-state index < -0.39 is 74.3 Å². The highest BCUT2D eigenvalue weighted by Gasteiger charge is 2.62. The first-order valence-corrected chi connectivity index (χ1v) is 19.4. The van der Waals surface area contributed by atoms with Gasteiger partial charge in [0.05, 0.1) is 28.3 Å². The maximum atomic E-state index is 14.0. The van der Waals surface area contributed by atoms with E-state index in [-0.39, 0.29) is 36.4 Å². The summed E-state index contributed by atoms with van der Waals surface area (Å²) >= 11 is 1.28. The minimum Gasteiger partial charge on any atom is -0.446 e. The lowest BCUT2D eigenvalue weighted by Crippen LogP contribution is -2.54. The highest BCUT2D eigenvalue weighted by Crippen LogP contribution is 2.47. The molecule has 4 amide bonds. The first-order chi connectivity index (χ1) is 24.1. The molecule has 1 aromatic carbocycles. The number of hydrogen-bond acceptors (Lipinski definition) is 9. The van der Waals surface area contributed by atoms with Crippen molar-refractivity contribution in [2.24, 2.45) is 17.8 Å². The van der Waals surface area contributed by atoms with E-state index in [1.807, 2.05) is 19.1 Å². The number of hydrogen-bond donors (Lipinski definition) is 3. The summed E-state index contributed by atoms with van der Waals surface area (Å²) in [5.41, 5.74) is -2.41. The second-order valence-corrected chi connectivity index (χ2v) is 16.8. The number of fused-ring (bicyclic) bond motifs is 2. The standard InChI is InChI=1S/C34H40F3N5O7S2/c1-3-22-18-38-29(50-22)24-12-9-19(34(35,36)37)14-27(24)39-32(46)49-21-15-25-26(16-21)30(44)42(2)13-7-5-4-6-8-20-17-33(20,40-28(25)43)31(45)41-51(47,48)23-10-11-23/h6,8-9,12,14,18,20-21,23,25-26H,3-5,7,10-11,13,15-17H2,1-2H3,(H,39,46)(H,40,43)(H,41,45)/t20-,21-,25-,26-,33-/m1/s1. The Hall–Kier alpha value is -3.99. The van der Waals surface area contributed by atoms with Crippen LogP contribution in [-0.2, 0) is 41.7 Å². The van der Waals surface area contributed by atoms with Gasteiger partial charge in [-0.15, -0.1) is 11.3 Å². The summed E-state index contributed by atoms with van der Waals surface area (Å²) in [4.78, 5) is 61.1. The molecule has 3 saturated carbocycles. The molecule has 0 spiro atoms. The number of nitrogens with zero attached hydrogens (tertiary/aromatic N) is 2. The average Bonchev–Trinajstić information content (AvgIpc) is 3.95. The van der Waals surface area contributed by atoms with Gasteiger partial charge in [0.15, 0.2) is 0 Å². The summed E-state index contributed by atoms with van der Waals surface area (Å²) in [5.74, 6) is -4.28. The number of rotatable bonds is 7. The normalized spacial score (nSPS) is 27.1. The third-order valence-electron chi connectivity index (χ3n) is 9.99. The summed E-state index contributed by atoms with van der Waals surface area (Å²) < 4.78 is 74.1. The van der Waals surface area contributed by atoms with Crippen LogP contribution in [0, 0.1) is 17.8 Å². The zero-order chi connectivity index (χ0) is 36.7. The van der Waals surface area contributed by atoms with Crippen molar-refractivity contribution >= 4 is 50.9 Å². The smallest absolute Gasteiger partial charge is 0.416 e. The van der Waals surface area contributed by atoms with Gasteiger partial charge in [0, 0.05) is 36.1 Å². The molecule has 12 nitrogen and oxygen atoms in total. The lowest BCUT2D eigenvalue weighted by atomic mass is 9.93. The molecule has 2 aromatic rings. The minimum atomic E-state index is -4.69. The largest absolute Gasteiger partial charge is 0.446 e. The minimum absolute atomic E-state index is 0.0466. The monoisotopic (exact) mass is 751 g/mol. The summed E-state index contributed by atoms with van der Waals surface area (Å²) in [7, 11) is -2.29. The quantitative estimate of drug-likeness (QED) is 0.333. The van der Waals surface area contributed by atoms with Crippen LogP contribution in [-0.4, -0.2) is 72.6 Å². The fraction of sp³-hybridized carbons (Fsp3) is 0.559. The van der Waals surface area contributed by atoms with Crippen molar-refractivity contribution in [2.45, 2.75) is 87.8 Å². The SMILES string of the molecule is CCc1cnc(-c2ccc(C(F)(F)F)cc2NC(=O)O[C@@H]2C[C@H]3C(=O)N[C@]4(C(=O)NS(=O)(=O)C5CC5)C[C@H]4C=CCCCCN(C)C(=O)[C@@H]3C2)s1. The molecular formula is C34H40F3N5O7S2. The predicted molar refractivity (Wildman–Crippen MR) is 182 cm³/mol. The summed E-state index contributed by atoms with van der Waals surface area (Å²) in [6.45, 7) is 2.34. The van der Waals surface area contributed by atoms with Gasteiger partial charge in [0.1, 0.15) is 16.7 Å². The molecule has 0 bridgehead atoms. The number of alkyl halides is 3. The zero-order valence-electron chi connectivity index (χ0n) is 28.1. The van der Waals surface area contributed by atoms with E-state index in [0.29, 0.717) is 43.7 Å². The van der Waals surface area contributed by atoms with E-state index in [4.69, 9.17) is 4.74 Å². The van der Waals surface area contributed by atoms with Gasteiger partial charge >= 0.3 is 12.3 Å². The van der Waals surface area contributed by atoms with Crippen LogP contribution in [0.5, 0.6) is 0 Å². The third kappa shape index (κ3) is 8.08. The molecule has 4 aliphatic rings. The first kappa shape index (κ1) is 36.8. The lowest BCUT2D eigenvalue weighted by molar-refractivity contribution is -0.140. The summed E-state index contributed by atoms with van der Waals surface area (Å²) in [6.07, 6.45) is 2.23. The van der Waals surface area contributed by atoms with E-state index in [2.05, 4.69) is 20.3 Å². The van der Waals surface area contributed by atoms with Crippen LogP contribution in [0.1, 0.15) is 68.7 Å². The first-order valence-electron chi connectivity index (χ1n) is 17.0. The molecule has 0 unspecified atom stereocenters. The number of carbonyl (C=O) groups is 4. The van der Waals surface area contributed by atoms with Crippen molar-refractivity contribution in [1.82, 2.24) is 19.9 Å². The van der Waals surface area contributed by atoms with Crippen molar-refractivity contribution in [1.29, 1.82) is 0 Å². The molecule has 3 N–H and O–H groups in total. The number of aryl methyl sites for hydroxylation is 1. The number of thiazole rings is 1. The van der Waals surface area contributed by atoms with Crippen molar-refractivity contribution in [3.8, 4) is 10.6 Å². The second-order valence-electron chi connectivity index (χ2n) is 13.7. The number of anilines is 1. The number of halogens is 3. The number of ether oxygens (including phenoxy) is 1. The molecule has 0 radical (unpaired) electrons. The molecule has 1 aromatic heterocycles. The highest BCUT2D eigenvalue weighted by molar-refractivity contribution is 7.91. The van der Waals surface area contributed by atoms with E-state index in [1.54, 1.807) is 13.2 Å². The number of sulfonamides is 1. The van der Waals surface area contributed by atoms with Gasteiger partial charge in [-0.05, 0) is 76.0 Å². The topological polar surface area (TPSA) is 164 Å². The Balaban J connectivity index is 1.22.